The van der Waals surface area contributed by atoms with E-state index in [-0.39, 0.29) is 6.04 Å². The van der Waals surface area contributed by atoms with Crippen LogP contribution in [-0.4, -0.2) is 24.7 Å². The van der Waals surface area contributed by atoms with Gasteiger partial charge in [-0.3, -0.25) is 4.98 Å². The minimum absolute atomic E-state index is 0.0664. The summed E-state index contributed by atoms with van der Waals surface area (Å²) in [5.74, 6) is 1.47. The topological polar surface area (TPSA) is 68.5 Å². The van der Waals surface area contributed by atoms with Gasteiger partial charge in [-0.2, -0.15) is 5.10 Å². The third kappa shape index (κ3) is 3.51. The van der Waals surface area contributed by atoms with Gasteiger partial charge in [-0.05, 0) is 55.0 Å². The van der Waals surface area contributed by atoms with Crippen molar-refractivity contribution in [1.82, 2.24) is 24.7 Å². The minimum Gasteiger partial charge on any atom is -0.363 e. The number of aromatic nitrogens is 5. The Hall–Kier alpha value is -4.06. The highest BCUT2D eigenvalue weighted by Gasteiger charge is 2.13. The van der Waals surface area contributed by atoms with Crippen molar-refractivity contribution in [1.29, 1.82) is 0 Å². The van der Waals surface area contributed by atoms with Gasteiger partial charge in [0.25, 0.3) is 0 Å². The van der Waals surface area contributed by atoms with Gasteiger partial charge < -0.3 is 5.32 Å². The lowest BCUT2D eigenvalue weighted by atomic mass is 10.1. The Morgan fingerprint density at radius 3 is 2.50 bits per heavy atom. The van der Waals surface area contributed by atoms with Crippen molar-refractivity contribution >= 4 is 16.7 Å². The SMILES string of the molecule is CC(Nc1nc(-c2cccnc2)nc2ccccc12)c1ccc(-n2cccn2)cc1. The van der Waals surface area contributed by atoms with Crippen molar-refractivity contribution in [2.45, 2.75) is 13.0 Å². The molecule has 0 amide bonds. The molecule has 2 aromatic carbocycles. The number of anilines is 1. The summed E-state index contributed by atoms with van der Waals surface area (Å²) in [5, 5.41) is 8.84. The molecule has 1 atom stereocenters. The molecule has 3 aromatic heterocycles. The van der Waals surface area contributed by atoms with Crippen LogP contribution in [0.15, 0.2) is 91.5 Å². The number of rotatable bonds is 5. The van der Waals surface area contributed by atoms with Crippen LogP contribution in [0.4, 0.5) is 5.82 Å². The highest BCUT2D eigenvalue weighted by molar-refractivity contribution is 5.90. The van der Waals surface area contributed by atoms with Gasteiger partial charge in [-0.25, -0.2) is 14.6 Å². The first kappa shape index (κ1) is 18.0. The molecule has 146 valence electrons. The Morgan fingerprint density at radius 2 is 1.73 bits per heavy atom. The van der Waals surface area contributed by atoms with Crippen LogP contribution in [0.25, 0.3) is 28.0 Å². The summed E-state index contributed by atoms with van der Waals surface area (Å²) >= 11 is 0. The fraction of sp³-hybridized carbons (Fsp3) is 0.0833. The fourth-order valence-corrected chi connectivity index (χ4v) is 3.44. The maximum Gasteiger partial charge on any atom is 0.163 e. The van der Waals surface area contributed by atoms with Crippen molar-refractivity contribution in [3.63, 3.8) is 0 Å². The van der Waals surface area contributed by atoms with Crippen molar-refractivity contribution in [2.75, 3.05) is 5.32 Å². The minimum atomic E-state index is 0.0664. The molecule has 30 heavy (non-hydrogen) atoms. The molecular formula is C24H20N6. The number of pyridine rings is 1. The number of nitrogens with one attached hydrogen (secondary N) is 1. The monoisotopic (exact) mass is 392 g/mol. The molecule has 0 bridgehead atoms. The van der Waals surface area contributed by atoms with E-state index in [1.807, 2.05) is 53.3 Å². The van der Waals surface area contributed by atoms with E-state index in [9.17, 15) is 0 Å². The number of benzene rings is 2. The van der Waals surface area contributed by atoms with Crippen LogP contribution in [0.5, 0.6) is 0 Å². The van der Waals surface area contributed by atoms with Crippen molar-refractivity contribution in [3.05, 3.63) is 97.1 Å². The van der Waals surface area contributed by atoms with Gasteiger partial charge in [0.2, 0.25) is 0 Å². The molecule has 0 saturated carbocycles. The average Bonchev–Trinajstić information content (AvgIpc) is 3.35. The molecule has 0 aliphatic heterocycles. The number of hydrogen-bond donors (Lipinski definition) is 1. The van der Waals surface area contributed by atoms with Gasteiger partial charge in [0.1, 0.15) is 5.82 Å². The molecule has 5 aromatic rings. The number of nitrogens with zero attached hydrogens (tertiary/aromatic N) is 5. The summed E-state index contributed by atoms with van der Waals surface area (Å²) in [5.41, 5.74) is 3.98. The predicted molar refractivity (Wildman–Crippen MR) is 118 cm³/mol. The first-order chi connectivity index (χ1) is 14.8. The van der Waals surface area contributed by atoms with E-state index in [4.69, 9.17) is 9.97 Å². The Labute approximate surface area is 174 Å². The smallest absolute Gasteiger partial charge is 0.163 e. The van der Waals surface area contributed by atoms with Crippen molar-refractivity contribution < 1.29 is 0 Å². The Bertz CT molecular complexity index is 1260. The number of hydrogen-bond acceptors (Lipinski definition) is 5. The second kappa shape index (κ2) is 7.75. The van der Waals surface area contributed by atoms with E-state index in [2.05, 4.69) is 46.6 Å². The highest BCUT2D eigenvalue weighted by Crippen LogP contribution is 2.28. The third-order valence-corrected chi connectivity index (χ3v) is 5.04. The lowest BCUT2D eigenvalue weighted by Crippen LogP contribution is -2.10. The van der Waals surface area contributed by atoms with Crippen molar-refractivity contribution in [2.24, 2.45) is 0 Å². The van der Waals surface area contributed by atoms with Crippen LogP contribution in [-0.2, 0) is 0 Å². The zero-order valence-corrected chi connectivity index (χ0v) is 16.5. The van der Waals surface area contributed by atoms with Crippen LogP contribution in [0.2, 0.25) is 0 Å². The van der Waals surface area contributed by atoms with E-state index >= 15 is 0 Å². The molecular weight excluding hydrogens is 372 g/mol. The highest BCUT2D eigenvalue weighted by atomic mass is 15.3. The first-order valence-corrected chi connectivity index (χ1v) is 9.81. The quantitative estimate of drug-likeness (QED) is 0.453. The molecule has 3 heterocycles. The van der Waals surface area contributed by atoms with Gasteiger partial charge in [0, 0.05) is 41.8 Å². The third-order valence-electron chi connectivity index (χ3n) is 5.04. The second-order valence-corrected chi connectivity index (χ2v) is 7.06. The van der Waals surface area contributed by atoms with E-state index < -0.39 is 0 Å². The van der Waals surface area contributed by atoms with E-state index in [1.54, 1.807) is 18.6 Å². The van der Waals surface area contributed by atoms with Gasteiger partial charge >= 0.3 is 0 Å². The van der Waals surface area contributed by atoms with Gasteiger partial charge in [0.15, 0.2) is 5.82 Å². The summed E-state index contributed by atoms with van der Waals surface area (Å²) in [6, 6.07) is 22.2. The summed E-state index contributed by atoms with van der Waals surface area (Å²) < 4.78 is 1.85. The lowest BCUT2D eigenvalue weighted by molar-refractivity contribution is 0.860. The van der Waals surface area contributed by atoms with E-state index in [0.29, 0.717) is 5.82 Å². The summed E-state index contributed by atoms with van der Waals surface area (Å²) in [4.78, 5) is 13.7. The molecule has 1 unspecified atom stereocenters. The van der Waals surface area contributed by atoms with Gasteiger partial charge in [-0.1, -0.05) is 24.3 Å². The first-order valence-electron chi connectivity index (χ1n) is 9.81. The second-order valence-electron chi connectivity index (χ2n) is 7.06. The normalized spacial score (nSPS) is 12.0. The summed E-state index contributed by atoms with van der Waals surface area (Å²) in [6.07, 6.45) is 7.24. The van der Waals surface area contributed by atoms with Crippen LogP contribution >= 0.6 is 0 Å². The number of para-hydroxylation sites is 1. The van der Waals surface area contributed by atoms with Gasteiger partial charge in [0.05, 0.1) is 11.2 Å². The largest absolute Gasteiger partial charge is 0.363 e. The van der Waals surface area contributed by atoms with Crippen LogP contribution < -0.4 is 5.32 Å². The maximum atomic E-state index is 4.82. The Balaban J connectivity index is 1.48. The van der Waals surface area contributed by atoms with Crippen LogP contribution in [0, 0.1) is 0 Å². The zero-order chi connectivity index (χ0) is 20.3. The summed E-state index contributed by atoms with van der Waals surface area (Å²) in [6.45, 7) is 2.13. The molecule has 0 aliphatic rings. The van der Waals surface area contributed by atoms with Crippen molar-refractivity contribution in [3.8, 4) is 17.1 Å². The maximum absolute atomic E-state index is 4.82. The molecule has 0 spiro atoms. The predicted octanol–water partition coefficient (Wildman–Crippen LogP) is 5.05. The summed E-state index contributed by atoms with van der Waals surface area (Å²) in [7, 11) is 0. The van der Waals surface area contributed by atoms with E-state index in [0.717, 1.165) is 33.5 Å². The lowest BCUT2D eigenvalue weighted by Gasteiger charge is -2.17. The van der Waals surface area contributed by atoms with Crippen LogP contribution in [0.1, 0.15) is 18.5 Å². The molecule has 6 nitrogen and oxygen atoms in total. The molecule has 0 radical (unpaired) electrons. The van der Waals surface area contributed by atoms with Gasteiger partial charge in [-0.15, -0.1) is 0 Å². The zero-order valence-electron chi connectivity index (χ0n) is 16.5. The average molecular weight is 392 g/mol. The molecule has 0 aliphatic carbocycles. The van der Waals surface area contributed by atoms with Crippen LogP contribution in [0.3, 0.4) is 0 Å². The Morgan fingerprint density at radius 1 is 0.867 bits per heavy atom. The van der Waals surface area contributed by atoms with E-state index in [1.165, 1.54) is 0 Å². The molecule has 0 fully saturated rings. The standard InChI is InChI=1S/C24H20N6/c1-17(18-9-11-20(12-10-18)30-15-5-14-26-30)27-24-21-7-2-3-8-22(21)28-23(29-24)19-6-4-13-25-16-19/h2-17H,1H3,(H,27,28,29). The molecule has 5 rings (SSSR count). The fourth-order valence-electron chi connectivity index (χ4n) is 3.44. The number of fused-ring (bicyclic) bond motifs is 1. The molecule has 0 saturated heterocycles. The molecule has 6 heteroatoms. The molecule has 1 N–H and O–H groups in total. The Kier molecular flexibility index (Phi) is 4.65.